The average molecular weight is 202 g/mol. The molecule has 80 valence electrons. The summed E-state index contributed by atoms with van der Waals surface area (Å²) in [6.45, 7) is 14.5. The Balaban J connectivity index is 0.000000583. The maximum atomic E-state index is 9.37. The van der Waals surface area contributed by atoms with Crippen LogP contribution in [0.25, 0.3) is 12.2 Å². The Morgan fingerprint density at radius 2 is 1.67 bits per heavy atom. The van der Waals surface area contributed by atoms with Crippen molar-refractivity contribution in [3.63, 3.8) is 0 Å². The molecular formula is C14H18O. The minimum atomic E-state index is 0.301. The molecule has 0 aliphatic rings. The minimum absolute atomic E-state index is 0.301. The lowest BCUT2D eigenvalue weighted by Crippen LogP contribution is -1.85. The fraction of sp³-hybridized carbons (Fsp3) is 0.143. The normalized spacial score (nSPS) is 8.40. The van der Waals surface area contributed by atoms with Crippen LogP contribution in [0, 0.1) is 6.92 Å². The molecule has 0 aliphatic heterocycles. The summed E-state index contributed by atoms with van der Waals surface area (Å²) in [7, 11) is 0. The molecule has 0 amide bonds. The van der Waals surface area contributed by atoms with Crippen molar-refractivity contribution in [2.45, 2.75) is 13.8 Å². The van der Waals surface area contributed by atoms with Crippen LogP contribution in [-0.4, -0.2) is 5.11 Å². The van der Waals surface area contributed by atoms with Crippen molar-refractivity contribution in [3.05, 3.63) is 54.6 Å². The molecule has 0 saturated carbocycles. The molecule has 0 radical (unpaired) electrons. The van der Waals surface area contributed by atoms with Gasteiger partial charge in [0.1, 0.15) is 5.75 Å². The van der Waals surface area contributed by atoms with E-state index in [-0.39, 0.29) is 0 Å². The van der Waals surface area contributed by atoms with E-state index in [2.05, 4.69) is 19.7 Å². The van der Waals surface area contributed by atoms with E-state index in [0.29, 0.717) is 5.75 Å². The molecule has 0 aromatic heterocycles. The standard InChI is InChI=1S/C11H12O.C3H6/c1-4-9-6-7-11(12)8(3)10(9)5-2;1-3-2/h4-7,12H,1-2H2,3H3;3H,1H2,2H3. The van der Waals surface area contributed by atoms with Gasteiger partial charge in [0.2, 0.25) is 0 Å². The van der Waals surface area contributed by atoms with Crippen LogP contribution in [0.2, 0.25) is 0 Å². The Hall–Kier alpha value is -1.76. The fourth-order valence-corrected chi connectivity index (χ4v) is 1.19. The lowest BCUT2D eigenvalue weighted by Gasteiger charge is -2.06. The summed E-state index contributed by atoms with van der Waals surface area (Å²) in [4.78, 5) is 0. The van der Waals surface area contributed by atoms with Gasteiger partial charge >= 0.3 is 0 Å². The summed E-state index contributed by atoms with van der Waals surface area (Å²) in [5, 5.41) is 9.37. The molecule has 1 heteroatoms. The predicted molar refractivity (Wildman–Crippen MR) is 68.9 cm³/mol. The smallest absolute Gasteiger partial charge is 0.119 e. The Morgan fingerprint density at radius 3 is 2.07 bits per heavy atom. The Morgan fingerprint density at radius 1 is 1.13 bits per heavy atom. The van der Waals surface area contributed by atoms with Crippen molar-refractivity contribution in [1.82, 2.24) is 0 Å². The molecule has 0 spiro atoms. The molecule has 1 nitrogen and oxygen atoms in total. The van der Waals surface area contributed by atoms with Gasteiger partial charge in [-0.1, -0.05) is 37.5 Å². The molecule has 1 N–H and O–H groups in total. The van der Waals surface area contributed by atoms with Crippen molar-refractivity contribution in [2.75, 3.05) is 0 Å². The zero-order chi connectivity index (χ0) is 11.8. The van der Waals surface area contributed by atoms with Crippen LogP contribution in [-0.2, 0) is 0 Å². The summed E-state index contributed by atoms with van der Waals surface area (Å²) in [6, 6.07) is 3.49. The molecule has 0 fully saturated rings. The van der Waals surface area contributed by atoms with E-state index >= 15 is 0 Å². The van der Waals surface area contributed by atoms with Gasteiger partial charge in [0.25, 0.3) is 0 Å². The van der Waals surface area contributed by atoms with Gasteiger partial charge in [-0.25, -0.2) is 0 Å². The van der Waals surface area contributed by atoms with Gasteiger partial charge in [-0.15, -0.1) is 6.58 Å². The van der Waals surface area contributed by atoms with Gasteiger partial charge in [0.05, 0.1) is 0 Å². The van der Waals surface area contributed by atoms with Gasteiger partial charge in [0.15, 0.2) is 0 Å². The predicted octanol–water partition coefficient (Wildman–Crippen LogP) is 4.18. The SMILES string of the molecule is C=CC.C=Cc1ccc(O)c(C)c1C=C. The molecule has 0 atom stereocenters. The summed E-state index contributed by atoms with van der Waals surface area (Å²) in [6.07, 6.45) is 5.23. The summed E-state index contributed by atoms with van der Waals surface area (Å²) in [5.74, 6) is 0.301. The second kappa shape index (κ2) is 6.66. The molecule has 0 unspecified atom stereocenters. The topological polar surface area (TPSA) is 20.2 Å². The van der Waals surface area contributed by atoms with E-state index in [9.17, 15) is 5.11 Å². The number of benzene rings is 1. The first-order valence-electron chi connectivity index (χ1n) is 4.76. The molecule has 15 heavy (non-hydrogen) atoms. The molecule has 0 aliphatic carbocycles. The van der Waals surface area contributed by atoms with Gasteiger partial charge in [-0.2, -0.15) is 0 Å². The monoisotopic (exact) mass is 202 g/mol. The molecule has 1 aromatic rings. The third kappa shape index (κ3) is 3.47. The quantitative estimate of drug-likeness (QED) is 0.713. The maximum absolute atomic E-state index is 9.37. The largest absolute Gasteiger partial charge is 0.508 e. The zero-order valence-corrected chi connectivity index (χ0v) is 9.46. The van der Waals surface area contributed by atoms with Crippen molar-refractivity contribution in [3.8, 4) is 5.75 Å². The number of hydrogen-bond donors (Lipinski definition) is 1. The van der Waals surface area contributed by atoms with Crippen LogP contribution in [0.15, 0.2) is 37.9 Å². The van der Waals surface area contributed by atoms with Crippen LogP contribution in [0.1, 0.15) is 23.6 Å². The molecule has 0 bridgehead atoms. The highest BCUT2D eigenvalue weighted by Crippen LogP contribution is 2.24. The van der Waals surface area contributed by atoms with Crippen LogP contribution in [0.3, 0.4) is 0 Å². The lowest BCUT2D eigenvalue weighted by atomic mass is 10.0. The first kappa shape index (κ1) is 13.2. The van der Waals surface area contributed by atoms with Crippen LogP contribution in [0.4, 0.5) is 0 Å². The van der Waals surface area contributed by atoms with Gasteiger partial charge in [0, 0.05) is 0 Å². The fourth-order valence-electron chi connectivity index (χ4n) is 1.19. The highest BCUT2D eigenvalue weighted by Gasteiger charge is 2.03. The Bertz CT molecular complexity index is 362. The number of phenols is 1. The zero-order valence-electron chi connectivity index (χ0n) is 9.46. The second-order valence-electron chi connectivity index (χ2n) is 3.03. The first-order valence-corrected chi connectivity index (χ1v) is 4.76. The van der Waals surface area contributed by atoms with Crippen molar-refractivity contribution < 1.29 is 5.11 Å². The van der Waals surface area contributed by atoms with Crippen LogP contribution < -0.4 is 0 Å². The highest BCUT2D eigenvalue weighted by atomic mass is 16.3. The first-order chi connectivity index (χ1) is 7.12. The number of rotatable bonds is 2. The van der Waals surface area contributed by atoms with E-state index in [1.807, 2.05) is 19.9 Å². The second-order valence-corrected chi connectivity index (χ2v) is 3.03. The summed E-state index contributed by atoms with van der Waals surface area (Å²) >= 11 is 0. The lowest BCUT2D eigenvalue weighted by molar-refractivity contribution is 0.471. The van der Waals surface area contributed by atoms with Crippen LogP contribution in [0.5, 0.6) is 5.75 Å². The Labute approximate surface area is 92.1 Å². The molecule has 1 aromatic carbocycles. The van der Waals surface area contributed by atoms with Crippen molar-refractivity contribution in [2.24, 2.45) is 0 Å². The molecule has 0 heterocycles. The minimum Gasteiger partial charge on any atom is -0.508 e. The van der Waals surface area contributed by atoms with Crippen molar-refractivity contribution >= 4 is 12.2 Å². The maximum Gasteiger partial charge on any atom is 0.119 e. The summed E-state index contributed by atoms with van der Waals surface area (Å²) < 4.78 is 0. The van der Waals surface area contributed by atoms with Crippen LogP contribution >= 0.6 is 0 Å². The molecule has 1 rings (SSSR count). The molecule has 0 saturated heterocycles. The third-order valence-corrected chi connectivity index (χ3v) is 1.94. The Kier molecular flexibility index (Phi) is 5.88. The van der Waals surface area contributed by atoms with E-state index in [1.54, 1.807) is 24.3 Å². The number of aromatic hydroxyl groups is 1. The third-order valence-electron chi connectivity index (χ3n) is 1.94. The van der Waals surface area contributed by atoms with E-state index in [1.165, 1.54) is 0 Å². The summed E-state index contributed by atoms with van der Waals surface area (Å²) in [5.41, 5.74) is 2.80. The highest BCUT2D eigenvalue weighted by molar-refractivity contribution is 5.68. The van der Waals surface area contributed by atoms with E-state index in [0.717, 1.165) is 16.7 Å². The van der Waals surface area contributed by atoms with Crippen molar-refractivity contribution in [1.29, 1.82) is 0 Å². The van der Waals surface area contributed by atoms with E-state index in [4.69, 9.17) is 0 Å². The van der Waals surface area contributed by atoms with Gasteiger partial charge in [-0.05, 0) is 36.6 Å². The average Bonchev–Trinajstić information content (AvgIpc) is 2.23. The van der Waals surface area contributed by atoms with E-state index < -0.39 is 0 Å². The molecular weight excluding hydrogens is 184 g/mol. The number of phenolic OH excluding ortho intramolecular Hbond substituents is 1. The van der Waals surface area contributed by atoms with Gasteiger partial charge in [-0.3, -0.25) is 0 Å². The number of allylic oxidation sites excluding steroid dienone is 1. The van der Waals surface area contributed by atoms with Gasteiger partial charge < -0.3 is 5.11 Å². The number of hydrogen-bond acceptors (Lipinski definition) is 1.